The molecule has 1 N–H and O–H groups in total. The summed E-state index contributed by atoms with van der Waals surface area (Å²) >= 11 is 0. The molecule has 0 amide bonds. The molecular weight excluding hydrogens is 379 g/mol. The number of hydrogen-bond acceptors (Lipinski definition) is 3. The SMILES string of the molecule is Cc1cnn(CC(=O)C2CC[C@H]3C4C[C@@H](F)[C@H]5C[C@](C)(O)CC[C@@H]5[C@H]4CC[C@]23C)c1. The predicted octanol–water partition coefficient (Wildman–Crippen LogP) is 4.73. The molecule has 5 heteroatoms. The molecule has 0 saturated heterocycles. The molecule has 0 radical (unpaired) electrons. The van der Waals surface area contributed by atoms with Gasteiger partial charge in [0.2, 0.25) is 0 Å². The summed E-state index contributed by atoms with van der Waals surface area (Å²) < 4.78 is 17.1. The minimum absolute atomic E-state index is 0.00711. The number of aromatic nitrogens is 2. The van der Waals surface area contributed by atoms with Crippen LogP contribution in [0.3, 0.4) is 0 Å². The van der Waals surface area contributed by atoms with Gasteiger partial charge in [0.1, 0.15) is 6.17 Å². The van der Waals surface area contributed by atoms with Crippen LogP contribution in [0.5, 0.6) is 0 Å². The van der Waals surface area contributed by atoms with E-state index in [1.165, 1.54) is 0 Å². The van der Waals surface area contributed by atoms with E-state index in [1.54, 1.807) is 10.9 Å². The van der Waals surface area contributed by atoms with Crippen LogP contribution < -0.4 is 0 Å². The molecule has 1 aromatic rings. The number of ketones is 1. The summed E-state index contributed by atoms with van der Waals surface area (Å²) in [5.74, 6) is 2.29. The van der Waals surface area contributed by atoms with Crippen LogP contribution in [-0.4, -0.2) is 32.4 Å². The van der Waals surface area contributed by atoms with E-state index in [1.807, 2.05) is 20.0 Å². The van der Waals surface area contributed by atoms with Gasteiger partial charge < -0.3 is 5.11 Å². The van der Waals surface area contributed by atoms with Crippen LogP contribution in [0.15, 0.2) is 12.4 Å². The molecule has 166 valence electrons. The molecule has 4 saturated carbocycles. The number of Topliss-reactive ketones (excluding diaryl/α,β-unsaturated/α-hetero) is 1. The molecule has 9 atom stereocenters. The quantitative estimate of drug-likeness (QED) is 0.775. The minimum atomic E-state index is -0.799. The molecule has 2 unspecified atom stereocenters. The third-order valence-electron chi connectivity index (χ3n) is 9.71. The molecule has 4 aliphatic rings. The van der Waals surface area contributed by atoms with Crippen molar-refractivity contribution in [3.63, 3.8) is 0 Å². The van der Waals surface area contributed by atoms with Crippen LogP contribution in [0.25, 0.3) is 0 Å². The summed E-state index contributed by atoms with van der Waals surface area (Å²) in [7, 11) is 0. The maximum absolute atomic E-state index is 15.4. The molecule has 0 spiro atoms. The second kappa shape index (κ2) is 7.15. The second-order valence-corrected chi connectivity index (χ2v) is 11.6. The number of aliphatic hydroxyl groups is 1. The van der Waals surface area contributed by atoms with Gasteiger partial charge in [-0.25, -0.2) is 4.39 Å². The molecule has 4 aliphatic carbocycles. The van der Waals surface area contributed by atoms with Gasteiger partial charge in [-0.3, -0.25) is 9.48 Å². The van der Waals surface area contributed by atoms with E-state index >= 15 is 4.39 Å². The first kappa shape index (κ1) is 20.7. The monoisotopic (exact) mass is 416 g/mol. The fraction of sp³-hybridized carbons (Fsp3) is 0.840. The Kier molecular flexibility index (Phi) is 4.92. The zero-order valence-corrected chi connectivity index (χ0v) is 18.7. The number of fused-ring (bicyclic) bond motifs is 5. The van der Waals surface area contributed by atoms with Crippen molar-refractivity contribution in [3.05, 3.63) is 18.0 Å². The largest absolute Gasteiger partial charge is 0.390 e. The summed E-state index contributed by atoms with van der Waals surface area (Å²) in [4.78, 5) is 13.2. The average Bonchev–Trinajstić information content (AvgIpc) is 3.24. The van der Waals surface area contributed by atoms with E-state index in [2.05, 4.69) is 12.0 Å². The number of rotatable bonds is 3. The zero-order valence-electron chi connectivity index (χ0n) is 18.7. The Morgan fingerprint density at radius 2 is 1.90 bits per heavy atom. The first-order valence-corrected chi connectivity index (χ1v) is 12.1. The lowest BCUT2D eigenvalue weighted by Gasteiger charge is -2.57. The summed E-state index contributed by atoms with van der Waals surface area (Å²) in [6.45, 7) is 6.56. The Balaban J connectivity index is 1.34. The maximum Gasteiger partial charge on any atom is 0.157 e. The summed E-state index contributed by atoms with van der Waals surface area (Å²) in [6.07, 6.45) is 10.2. The van der Waals surface area contributed by atoms with Crippen LogP contribution >= 0.6 is 0 Å². The van der Waals surface area contributed by atoms with E-state index < -0.39 is 11.8 Å². The van der Waals surface area contributed by atoms with Crippen LogP contribution in [0.4, 0.5) is 4.39 Å². The van der Waals surface area contributed by atoms with Gasteiger partial charge in [-0.2, -0.15) is 5.10 Å². The number of halogens is 1. The Labute approximate surface area is 179 Å². The van der Waals surface area contributed by atoms with Crippen molar-refractivity contribution in [3.8, 4) is 0 Å². The number of aryl methyl sites for hydroxylation is 1. The van der Waals surface area contributed by atoms with E-state index in [-0.39, 0.29) is 17.3 Å². The van der Waals surface area contributed by atoms with E-state index in [4.69, 9.17) is 0 Å². The number of carbonyl (C=O) groups excluding carboxylic acids is 1. The van der Waals surface area contributed by atoms with Gasteiger partial charge >= 0.3 is 0 Å². The van der Waals surface area contributed by atoms with Gasteiger partial charge in [0.15, 0.2) is 5.78 Å². The van der Waals surface area contributed by atoms with Crippen molar-refractivity contribution < 1.29 is 14.3 Å². The molecule has 1 heterocycles. The van der Waals surface area contributed by atoms with Gasteiger partial charge in [-0.15, -0.1) is 0 Å². The third-order valence-corrected chi connectivity index (χ3v) is 9.71. The van der Waals surface area contributed by atoms with Gasteiger partial charge in [0, 0.05) is 12.1 Å². The highest BCUT2D eigenvalue weighted by atomic mass is 19.1. The van der Waals surface area contributed by atoms with Crippen molar-refractivity contribution in [2.45, 2.75) is 90.5 Å². The zero-order chi connectivity index (χ0) is 21.3. The summed E-state index contributed by atoms with van der Waals surface area (Å²) in [6, 6.07) is 0. The normalized spacial score (nSPS) is 48.0. The van der Waals surface area contributed by atoms with Crippen molar-refractivity contribution in [1.29, 1.82) is 0 Å². The van der Waals surface area contributed by atoms with Gasteiger partial charge in [-0.05, 0) is 106 Å². The predicted molar refractivity (Wildman–Crippen MR) is 113 cm³/mol. The van der Waals surface area contributed by atoms with Crippen molar-refractivity contribution in [2.75, 3.05) is 0 Å². The fourth-order valence-electron chi connectivity index (χ4n) is 8.36. The first-order valence-electron chi connectivity index (χ1n) is 12.1. The Morgan fingerprint density at radius 1 is 1.17 bits per heavy atom. The molecule has 0 aliphatic heterocycles. The van der Waals surface area contributed by atoms with Gasteiger partial charge in [0.05, 0.1) is 18.3 Å². The molecule has 30 heavy (non-hydrogen) atoms. The highest BCUT2D eigenvalue weighted by Gasteiger charge is 2.60. The smallest absolute Gasteiger partial charge is 0.157 e. The third kappa shape index (κ3) is 3.27. The van der Waals surface area contributed by atoms with Crippen LogP contribution in [0.1, 0.15) is 70.8 Å². The van der Waals surface area contributed by atoms with Crippen molar-refractivity contribution in [2.24, 2.45) is 40.9 Å². The lowest BCUT2D eigenvalue weighted by atomic mass is 9.48. The molecule has 0 bridgehead atoms. The first-order chi connectivity index (χ1) is 14.2. The van der Waals surface area contributed by atoms with Crippen LogP contribution in [0.2, 0.25) is 0 Å². The standard InChI is InChI=1S/C25H37FN2O2/c1-15-12-27-28(13-15)14-23(29)21-5-4-20-18-10-22(26)19-11-24(2,30)8-6-17(19)16(18)7-9-25(20,21)3/h12-13,16-22,30H,4-11,14H2,1-3H3/t16-,17-,18?,19+,20+,21?,22-,24-,25+/m1/s1. The van der Waals surface area contributed by atoms with Crippen LogP contribution in [0, 0.1) is 47.8 Å². The van der Waals surface area contributed by atoms with E-state index in [0.717, 1.165) is 44.1 Å². The van der Waals surface area contributed by atoms with E-state index in [9.17, 15) is 9.90 Å². The molecule has 5 rings (SSSR count). The van der Waals surface area contributed by atoms with E-state index in [0.29, 0.717) is 48.8 Å². The Morgan fingerprint density at radius 3 is 2.63 bits per heavy atom. The highest BCUT2D eigenvalue weighted by Crippen LogP contribution is 2.65. The summed E-state index contributed by atoms with van der Waals surface area (Å²) in [5, 5.41) is 14.8. The maximum atomic E-state index is 15.4. The summed E-state index contributed by atoms with van der Waals surface area (Å²) in [5.41, 5.74) is 0.390. The number of carbonyl (C=O) groups is 1. The van der Waals surface area contributed by atoms with Gasteiger partial charge in [0.25, 0.3) is 0 Å². The van der Waals surface area contributed by atoms with Crippen LogP contribution in [-0.2, 0) is 11.3 Å². The fourth-order valence-corrected chi connectivity index (χ4v) is 8.36. The van der Waals surface area contributed by atoms with Crippen molar-refractivity contribution >= 4 is 5.78 Å². The molecule has 0 aromatic carbocycles. The topological polar surface area (TPSA) is 55.1 Å². The average molecular weight is 417 g/mol. The molecule has 4 fully saturated rings. The Hall–Kier alpha value is -1.23. The molecule has 1 aromatic heterocycles. The molecule has 4 nitrogen and oxygen atoms in total. The highest BCUT2D eigenvalue weighted by molar-refractivity contribution is 5.82. The lowest BCUT2D eigenvalue weighted by Crippen LogP contribution is -2.54. The van der Waals surface area contributed by atoms with Gasteiger partial charge in [-0.1, -0.05) is 6.92 Å². The number of hydrogen-bond donors (Lipinski definition) is 1. The second-order valence-electron chi connectivity index (χ2n) is 11.6. The number of alkyl halides is 1. The minimum Gasteiger partial charge on any atom is -0.390 e. The molecular formula is C25H37FN2O2. The Bertz CT molecular complexity index is 820. The lowest BCUT2D eigenvalue weighted by molar-refractivity contribution is -0.139. The number of nitrogens with zero attached hydrogens (tertiary/aromatic N) is 2. The van der Waals surface area contributed by atoms with Crippen molar-refractivity contribution in [1.82, 2.24) is 9.78 Å².